The van der Waals surface area contributed by atoms with Crippen molar-refractivity contribution in [3.8, 4) is 0 Å². The van der Waals surface area contributed by atoms with Gasteiger partial charge in [-0.25, -0.2) is 0 Å². The molecule has 0 atom stereocenters. The topological polar surface area (TPSA) is 38.9 Å². The van der Waals surface area contributed by atoms with Crippen molar-refractivity contribution in [1.82, 2.24) is 4.98 Å². The molecule has 0 spiro atoms. The Morgan fingerprint density at radius 1 is 1.33 bits per heavy atom. The van der Waals surface area contributed by atoms with E-state index in [1.807, 2.05) is 13.0 Å². The van der Waals surface area contributed by atoms with Gasteiger partial charge in [-0.15, -0.1) is 0 Å². The first-order chi connectivity index (χ1) is 5.41. The van der Waals surface area contributed by atoms with Gasteiger partial charge in [-0.05, 0) is 18.6 Å². The first-order valence-corrected chi connectivity index (χ1v) is 4.14. The molecule has 0 aliphatic carbocycles. The van der Waals surface area contributed by atoms with Gasteiger partial charge in [-0.2, -0.15) is 0 Å². The van der Waals surface area contributed by atoms with Crippen LogP contribution in [0.2, 0.25) is 0 Å². The molecule has 0 bridgehead atoms. The average molecular weight is 164 g/mol. The van der Waals surface area contributed by atoms with Crippen molar-refractivity contribution in [2.45, 2.75) is 33.1 Å². The minimum Gasteiger partial charge on any atom is -0.397 e. The van der Waals surface area contributed by atoms with Crippen molar-refractivity contribution in [3.63, 3.8) is 0 Å². The first kappa shape index (κ1) is 9.04. The van der Waals surface area contributed by atoms with Crippen LogP contribution in [0.1, 0.15) is 32.0 Å². The van der Waals surface area contributed by atoms with Crippen molar-refractivity contribution in [3.05, 3.63) is 23.5 Å². The molecule has 0 radical (unpaired) electrons. The summed E-state index contributed by atoms with van der Waals surface area (Å²) in [6.45, 7) is 8.50. The SMILES string of the molecule is Cc1cc(N)cnc1C(C)(C)C. The van der Waals surface area contributed by atoms with E-state index in [9.17, 15) is 0 Å². The highest BCUT2D eigenvalue weighted by molar-refractivity contribution is 5.41. The number of rotatable bonds is 0. The maximum Gasteiger partial charge on any atom is 0.0503 e. The number of aryl methyl sites for hydroxylation is 1. The summed E-state index contributed by atoms with van der Waals surface area (Å²) in [5.74, 6) is 0. The van der Waals surface area contributed by atoms with Crippen molar-refractivity contribution in [2.75, 3.05) is 5.73 Å². The lowest BCUT2D eigenvalue weighted by Gasteiger charge is -2.19. The highest BCUT2D eigenvalue weighted by Gasteiger charge is 2.17. The van der Waals surface area contributed by atoms with Gasteiger partial charge in [0.25, 0.3) is 0 Å². The van der Waals surface area contributed by atoms with Gasteiger partial charge >= 0.3 is 0 Å². The predicted molar refractivity (Wildman–Crippen MR) is 52.1 cm³/mol. The Kier molecular flexibility index (Phi) is 2.09. The largest absolute Gasteiger partial charge is 0.397 e. The third-order valence-corrected chi connectivity index (χ3v) is 1.81. The number of pyridine rings is 1. The van der Waals surface area contributed by atoms with Crippen LogP contribution in [0.15, 0.2) is 12.3 Å². The van der Waals surface area contributed by atoms with Gasteiger partial charge < -0.3 is 5.73 Å². The molecule has 1 heterocycles. The Bertz CT molecular complexity index is 284. The smallest absolute Gasteiger partial charge is 0.0503 e. The molecule has 0 unspecified atom stereocenters. The Labute approximate surface area is 73.8 Å². The lowest BCUT2D eigenvalue weighted by Crippen LogP contribution is -2.15. The van der Waals surface area contributed by atoms with E-state index in [-0.39, 0.29) is 5.41 Å². The van der Waals surface area contributed by atoms with E-state index in [0.29, 0.717) is 0 Å². The molecular weight excluding hydrogens is 148 g/mol. The molecule has 0 aromatic carbocycles. The standard InChI is InChI=1S/C10H16N2/c1-7-5-8(11)6-12-9(7)10(2,3)4/h5-6H,11H2,1-4H3. The van der Waals surface area contributed by atoms with Crippen LogP contribution in [0.4, 0.5) is 5.69 Å². The summed E-state index contributed by atoms with van der Waals surface area (Å²) < 4.78 is 0. The van der Waals surface area contributed by atoms with Gasteiger partial charge in [0, 0.05) is 11.1 Å². The van der Waals surface area contributed by atoms with E-state index in [4.69, 9.17) is 5.73 Å². The number of hydrogen-bond acceptors (Lipinski definition) is 2. The molecule has 0 fully saturated rings. The molecule has 0 saturated heterocycles. The van der Waals surface area contributed by atoms with Crippen molar-refractivity contribution in [1.29, 1.82) is 0 Å². The number of nitrogens with two attached hydrogens (primary N) is 1. The number of anilines is 1. The zero-order valence-electron chi connectivity index (χ0n) is 8.18. The second-order valence-electron chi connectivity index (χ2n) is 4.18. The quantitative estimate of drug-likeness (QED) is 0.638. The lowest BCUT2D eigenvalue weighted by molar-refractivity contribution is 0.564. The van der Waals surface area contributed by atoms with Crippen molar-refractivity contribution >= 4 is 5.69 Å². The molecule has 66 valence electrons. The fraction of sp³-hybridized carbons (Fsp3) is 0.500. The van der Waals surface area contributed by atoms with Gasteiger partial charge in [-0.1, -0.05) is 20.8 Å². The molecule has 12 heavy (non-hydrogen) atoms. The Morgan fingerprint density at radius 2 is 1.92 bits per heavy atom. The molecule has 0 aliphatic heterocycles. The van der Waals surface area contributed by atoms with Crippen LogP contribution < -0.4 is 5.73 Å². The highest BCUT2D eigenvalue weighted by atomic mass is 14.7. The van der Waals surface area contributed by atoms with Crippen LogP contribution in [-0.4, -0.2) is 4.98 Å². The summed E-state index contributed by atoms with van der Waals surface area (Å²) in [4.78, 5) is 4.32. The predicted octanol–water partition coefficient (Wildman–Crippen LogP) is 2.27. The molecule has 0 saturated carbocycles. The summed E-state index contributed by atoms with van der Waals surface area (Å²) >= 11 is 0. The molecule has 1 rings (SSSR count). The Morgan fingerprint density at radius 3 is 2.33 bits per heavy atom. The Hall–Kier alpha value is -1.05. The summed E-state index contributed by atoms with van der Waals surface area (Å²) in [7, 11) is 0. The van der Waals surface area contributed by atoms with E-state index < -0.39 is 0 Å². The molecule has 2 heteroatoms. The molecule has 2 nitrogen and oxygen atoms in total. The van der Waals surface area contributed by atoms with Crippen LogP contribution in [-0.2, 0) is 5.41 Å². The van der Waals surface area contributed by atoms with Crippen LogP contribution in [0.25, 0.3) is 0 Å². The highest BCUT2D eigenvalue weighted by Crippen LogP contribution is 2.23. The molecular formula is C10H16N2. The fourth-order valence-electron chi connectivity index (χ4n) is 1.38. The number of hydrogen-bond donors (Lipinski definition) is 1. The number of aromatic nitrogens is 1. The zero-order chi connectivity index (χ0) is 9.35. The van der Waals surface area contributed by atoms with Crippen LogP contribution >= 0.6 is 0 Å². The second kappa shape index (κ2) is 2.77. The third-order valence-electron chi connectivity index (χ3n) is 1.81. The van der Waals surface area contributed by atoms with Gasteiger partial charge in [0.15, 0.2) is 0 Å². The molecule has 1 aromatic rings. The van der Waals surface area contributed by atoms with E-state index in [1.165, 1.54) is 5.56 Å². The van der Waals surface area contributed by atoms with Crippen molar-refractivity contribution < 1.29 is 0 Å². The van der Waals surface area contributed by atoms with Crippen molar-refractivity contribution in [2.24, 2.45) is 0 Å². The summed E-state index contributed by atoms with van der Waals surface area (Å²) in [5.41, 5.74) is 8.74. The van der Waals surface area contributed by atoms with E-state index in [0.717, 1.165) is 11.4 Å². The van der Waals surface area contributed by atoms with Gasteiger partial charge in [0.05, 0.1) is 11.9 Å². The first-order valence-electron chi connectivity index (χ1n) is 4.14. The molecule has 0 amide bonds. The third kappa shape index (κ3) is 1.76. The van der Waals surface area contributed by atoms with Crippen LogP contribution in [0, 0.1) is 6.92 Å². The normalized spacial score (nSPS) is 11.7. The van der Waals surface area contributed by atoms with E-state index >= 15 is 0 Å². The maximum atomic E-state index is 5.61. The molecule has 2 N–H and O–H groups in total. The van der Waals surface area contributed by atoms with Gasteiger partial charge in [-0.3, -0.25) is 4.98 Å². The summed E-state index contributed by atoms with van der Waals surface area (Å²) in [6, 6.07) is 1.97. The molecule has 0 aliphatic rings. The monoisotopic (exact) mass is 164 g/mol. The van der Waals surface area contributed by atoms with Gasteiger partial charge in [0.2, 0.25) is 0 Å². The zero-order valence-corrected chi connectivity index (χ0v) is 8.18. The fourth-order valence-corrected chi connectivity index (χ4v) is 1.38. The maximum absolute atomic E-state index is 5.61. The molecule has 1 aromatic heterocycles. The number of nitrogen functional groups attached to an aromatic ring is 1. The lowest BCUT2D eigenvalue weighted by atomic mass is 9.89. The van der Waals surface area contributed by atoms with Gasteiger partial charge in [0.1, 0.15) is 0 Å². The van der Waals surface area contributed by atoms with Crippen LogP contribution in [0.3, 0.4) is 0 Å². The summed E-state index contributed by atoms with van der Waals surface area (Å²) in [5, 5.41) is 0. The van der Waals surface area contributed by atoms with E-state index in [2.05, 4.69) is 25.8 Å². The van der Waals surface area contributed by atoms with E-state index in [1.54, 1.807) is 6.20 Å². The second-order valence-corrected chi connectivity index (χ2v) is 4.18. The minimum atomic E-state index is 0.109. The Balaban J connectivity index is 3.19. The summed E-state index contributed by atoms with van der Waals surface area (Å²) in [6.07, 6.45) is 1.72. The number of nitrogens with zero attached hydrogens (tertiary/aromatic N) is 1. The van der Waals surface area contributed by atoms with Crippen LogP contribution in [0.5, 0.6) is 0 Å². The average Bonchev–Trinajstić information content (AvgIpc) is 1.83. The minimum absolute atomic E-state index is 0.109.